The maximum atomic E-state index is 13.5. The predicted octanol–water partition coefficient (Wildman–Crippen LogP) is 2.03. The second kappa shape index (κ2) is 6.35. The number of halogens is 1. The number of carbonyl (C=O) groups excluding carboxylic acids is 1. The van der Waals surface area contributed by atoms with Crippen LogP contribution in [-0.4, -0.2) is 42.2 Å². The molecule has 5 heteroatoms. The van der Waals surface area contributed by atoms with E-state index in [1.165, 1.54) is 24.1 Å². The number of nitrogens with zero attached hydrogens (tertiary/aromatic N) is 1. The van der Waals surface area contributed by atoms with Crippen LogP contribution in [0.3, 0.4) is 0 Å². The average Bonchev–Trinajstić information content (AvgIpc) is 2.27. The highest BCUT2D eigenvalue weighted by Crippen LogP contribution is 2.21. The van der Waals surface area contributed by atoms with Gasteiger partial charge in [-0.1, -0.05) is 6.07 Å². The van der Waals surface area contributed by atoms with Crippen LogP contribution in [0.25, 0.3) is 0 Å². The molecule has 100 valence electrons. The fraction of sp³-hybridized carbons (Fsp3) is 0.462. The summed E-state index contributed by atoms with van der Waals surface area (Å²) in [5.41, 5.74) is -0.301. The van der Waals surface area contributed by atoms with Crippen molar-refractivity contribution in [1.29, 1.82) is 0 Å². The van der Waals surface area contributed by atoms with Crippen molar-refractivity contribution in [3.63, 3.8) is 0 Å². The van der Waals surface area contributed by atoms with E-state index in [9.17, 15) is 14.3 Å². The molecule has 0 aromatic heterocycles. The van der Waals surface area contributed by atoms with E-state index in [0.29, 0.717) is 13.2 Å². The van der Waals surface area contributed by atoms with Gasteiger partial charge in [0.25, 0.3) is 5.91 Å². The number of hydrogen-bond donors (Lipinski definition) is 1. The van der Waals surface area contributed by atoms with Gasteiger partial charge in [0.15, 0.2) is 0 Å². The maximum absolute atomic E-state index is 13.5. The van der Waals surface area contributed by atoms with Crippen LogP contribution in [0.5, 0.6) is 5.75 Å². The van der Waals surface area contributed by atoms with E-state index in [2.05, 4.69) is 0 Å². The third kappa shape index (κ3) is 3.70. The Kier molecular flexibility index (Phi) is 5.09. The first-order valence-electron chi connectivity index (χ1n) is 5.78. The number of rotatable bonds is 5. The van der Waals surface area contributed by atoms with E-state index in [1.54, 1.807) is 0 Å². The molecule has 0 aliphatic heterocycles. The monoisotopic (exact) mass is 255 g/mol. The van der Waals surface area contributed by atoms with Crippen molar-refractivity contribution in [2.24, 2.45) is 0 Å². The Morgan fingerprint density at radius 1 is 1.50 bits per heavy atom. The molecule has 0 atom stereocenters. The van der Waals surface area contributed by atoms with Gasteiger partial charge in [-0.3, -0.25) is 4.79 Å². The summed E-state index contributed by atoms with van der Waals surface area (Å²) in [4.78, 5) is 13.3. The molecule has 0 fully saturated rings. The summed E-state index contributed by atoms with van der Waals surface area (Å²) in [5, 5.41) is 9.51. The Hall–Kier alpha value is -1.62. The lowest BCUT2D eigenvalue weighted by atomic mass is 10.1. The summed E-state index contributed by atoms with van der Waals surface area (Å²) in [7, 11) is 1.54. The Morgan fingerprint density at radius 3 is 2.72 bits per heavy atom. The predicted molar refractivity (Wildman–Crippen MR) is 66.1 cm³/mol. The van der Waals surface area contributed by atoms with E-state index < -0.39 is 11.7 Å². The van der Waals surface area contributed by atoms with Gasteiger partial charge in [-0.2, -0.15) is 0 Å². The van der Waals surface area contributed by atoms with Gasteiger partial charge in [0.1, 0.15) is 17.1 Å². The van der Waals surface area contributed by atoms with E-state index in [0.717, 1.165) is 6.07 Å². The zero-order valence-corrected chi connectivity index (χ0v) is 10.8. The number of hydrogen-bond acceptors (Lipinski definition) is 3. The highest BCUT2D eigenvalue weighted by atomic mass is 19.1. The third-order valence-electron chi connectivity index (χ3n) is 2.43. The minimum absolute atomic E-state index is 0.0790. The summed E-state index contributed by atoms with van der Waals surface area (Å²) < 4.78 is 18.8. The number of phenolic OH excluding ortho intramolecular Hbond substituents is 1. The van der Waals surface area contributed by atoms with Crippen LogP contribution in [0.15, 0.2) is 18.2 Å². The molecule has 18 heavy (non-hydrogen) atoms. The molecule has 1 rings (SSSR count). The van der Waals surface area contributed by atoms with Gasteiger partial charge < -0.3 is 14.7 Å². The highest BCUT2D eigenvalue weighted by Gasteiger charge is 2.19. The molecule has 0 bridgehead atoms. The van der Waals surface area contributed by atoms with Crippen LogP contribution < -0.4 is 0 Å². The van der Waals surface area contributed by atoms with Crippen LogP contribution >= 0.6 is 0 Å². The second-order valence-electron chi connectivity index (χ2n) is 4.28. The van der Waals surface area contributed by atoms with Gasteiger partial charge in [0.2, 0.25) is 0 Å². The Labute approximate surface area is 106 Å². The van der Waals surface area contributed by atoms with Crippen LogP contribution in [0.2, 0.25) is 0 Å². The van der Waals surface area contributed by atoms with Crippen molar-refractivity contribution in [3.05, 3.63) is 29.6 Å². The number of ether oxygens (including phenoxy) is 1. The zero-order valence-electron chi connectivity index (χ0n) is 10.8. The van der Waals surface area contributed by atoms with Crippen molar-refractivity contribution in [1.82, 2.24) is 4.90 Å². The quantitative estimate of drug-likeness (QED) is 0.875. The van der Waals surface area contributed by atoms with Crippen molar-refractivity contribution in [2.75, 3.05) is 20.2 Å². The Morgan fingerprint density at radius 2 is 2.17 bits per heavy atom. The van der Waals surface area contributed by atoms with Crippen molar-refractivity contribution in [2.45, 2.75) is 20.0 Å². The molecule has 0 heterocycles. The summed E-state index contributed by atoms with van der Waals surface area (Å²) >= 11 is 0. The summed E-state index contributed by atoms with van der Waals surface area (Å²) in [6, 6.07) is 3.78. The fourth-order valence-corrected chi connectivity index (χ4v) is 1.44. The average molecular weight is 255 g/mol. The van der Waals surface area contributed by atoms with Gasteiger partial charge in [-0.05, 0) is 26.0 Å². The third-order valence-corrected chi connectivity index (χ3v) is 2.43. The number of aromatic hydroxyl groups is 1. The van der Waals surface area contributed by atoms with Gasteiger partial charge in [0.05, 0.1) is 12.7 Å². The molecule has 1 amide bonds. The first kappa shape index (κ1) is 14.4. The molecule has 0 aliphatic rings. The molecule has 0 saturated carbocycles. The summed E-state index contributed by atoms with van der Waals surface area (Å²) in [6.45, 7) is 4.49. The molecule has 1 aromatic rings. The lowest BCUT2D eigenvalue weighted by Crippen LogP contribution is -2.31. The minimum atomic E-state index is -0.725. The fourth-order valence-electron chi connectivity index (χ4n) is 1.44. The van der Waals surface area contributed by atoms with E-state index >= 15 is 0 Å². The van der Waals surface area contributed by atoms with E-state index in [4.69, 9.17) is 4.74 Å². The number of benzene rings is 1. The topological polar surface area (TPSA) is 49.8 Å². The maximum Gasteiger partial charge on any atom is 0.260 e. The summed E-state index contributed by atoms with van der Waals surface area (Å²) in [5.74, 6) is -1.63. The minimum Gasteiger partial charge on any atom is -0.507 e. The second-order valence-corrected chi connectivity index (χ2v) is 4.28. The number of amides is 1. The van der Waals surface area contributed by atoms with Gasteiger partial charge >= 0.3 is 0 Å². The van der Waals surface area contributed by atoms with Crippen LogP contribution in [0.1, 0.15) is 24.2 Å². The Bertz CT molecular complexity index is 400. The molecule has 0 saturated heterocycles. The van der Waals surface area contributed by atoms with Gasteiger partial charge in [-0.25, -0.2) is 4.39 Å². The van der Waals surface area contributed by atoms with E-state index in [1.807, 2.05) is 13.8 Å². The first-order chi connectivity index (χ1) is 8.43. The molecule has 1 aromatic carbocycles. The van der Waals surface area contributed by atoms with Crippen molar-refractivity contribution >= 4 is 5.91 Å². The van der Waals surface area contributed by atoms with Crippen LogP contribution in [0, 0.1) is 5.82 Å². The number of likely N-dealkylation sites (N-methyl/N-ethyl adjacent to an activating group) is 1. The highest BCUT2D eigenvalue weighted by molar-refractivity contribution is 5.96. The summed E-state index contributed by atoms with van der Waals surface area (Å²) in [6.07, 6.45) is 0.0790. The van der Waals surface area contributed by atoms with Crippen molar-refractivity contribution < 1.29 is 19.0 Å². The van der Waals surface area contributed by atoms with Crippen LogP contribution in [-0.2, 0) is 4.74 Å². The molecular formula is C13H18FNO3. The molecule has 4 nitrogen and oxygen atoms in total. The first-order valence-corrected chi connectivity index (χ1v) is 5.78. The lowest BCUT2D eigenvalue weighted by Gasteiger charge is -2.18. The molecule has 0 radical (unpaired) electrons. The van der Waals surface area contributed by atoms with Crippen LogP contribution in [0.4, 0.5) is 4.39 Å². The zero-order chi connectivity index (χ0) is 13.7. The standard InChI is InChI=1S/C13H18FNO3/c1-9(2)18-8-7-15(3)13(17)12-10(14)5-4-6-11(12)16/h4-6,9,16H,7-8H2,1-3H3. The van der Waals surface area contributed by atoms with E-state index in [-0.39, 0.29) is 17.4 Å². The smallest absolute Gasteiger partial charge is 0.260 e. The molecule has 0 aliphatic carbocycles. The number of phenols is 1. The van der Waals surface area contributed by atoms with Crippen molar-refractivity contribution in [3.8, 4) is 5.75 Å². The SMILES string of the molecule is CC(C)OCCN(C)C(=O)c1c(O)cccc1F. The molecule has 1 N–H and O–H groups in total. The largest absolute Gasteiger partial charge is 0.507 e. The molecule has 0 spiro atoms. The normalized spacial score (nSPS) is 10.7. The molecular weight excluding hydrogens is 237 g/mol. The lowest BCUT2D eigenvalue weighted by molar-refractivity contribution is 0.0528. The Balaban J connectivity index is 2.69. The number of carbonyl (C=O) groups is 1. The molecule has 0 unspecified atom stereocenters. The van der Waals surface area contributed by atoms with Gasteiger partial charge in [0, 0.05) is 13.6 Å². The van der Waals surface area contributed by atoms with Gasteiger partial charge in [-0.15, -0.1) is 0 Å².